The van der Waals surface area contributed by atoms with E-state index in [1.807, 2.05) is 30.8 Å². The van der Waals surface area contributed by atoms with E-state index in [9.17, 15) is 0 Å². The van der Waals surface area contributed by atoms with Crippen molar-refractivity contribution in [3.63, 3.8) is 0 Å². The van der Waals surface area contributed by atoms with Crippen LogP contribution in [0.15, 0.2) is 24.8 Å². The molecule has 0 bridgehead atoms. The molecule has 3 aromatic heterocycles. The molecule has 3 rings (SSSR count). The van der Waals surface area contributed by atoms with Gasteiger partial charge >= 0.3 is 0 Å². The highest BCUT2D eigenvalue weighted by atomic mass is 15.1. The van der Waals surface area contributed by atoms with Gasteiger partial charge in [-0.1, -0.05) is 41.5 Å². The molecular weight excluding hydrogens is 300 g/mol. The Hall–Kier alpha value is -2.37. The molecule has 0 atom stereocenters. The summed E-state index contributed by atoms with van der Waals surface area (Å²) in [5.41, 5.74) is 3.87. The Balaban J connectivity index is 0.00000100. The van der Waals surface area contributed by atoms with Gasteiger partial charge in [0.05, 0.1) is 24.8 Å². The lowest BCUT2D eigenvalue weighted by Gasteiger charge is -2.11. The lowest BCUT2D eigenvalue weighted by molar-refractivity contribution is 0.731. The Kier molecular flexibility index (Phi) is 5.95. The summed E-state index contributed by atoms with van der Waals surface area (Å²) in [5, 5.41) is 7.73. The number of nitrogens with zero attached hydrogens (tertiary/aromatic N) is 6. The van der Waals surface area contributed by atoms with Gasteiger partial charge in [-0.15, -0.1) is 0 Å². The molecule has 128 valence electrons. The first kappa shape index (κ1) is 18.0. The van der Waals surface area contributed by atoms with Crippen LogP contribution >= 0.6 is 0 Å². The van der Waals surface area contributed by atoms with E-state index in [0.717, 1.165) is 28.2 Å². The minimum atomic E-state index is 0.285. The van der Waals surface area contributed by atoms with E-state index in [2.05, 4.69) is 42.9 Å². The molecule has 0 aliphatic carbocycles. The maximum Gasteiger partial charge on any atom is 0.164 e. The number of hydrogen-bond donors (Lipinski definition) is 0. The number of fused-ring (bicyclic) bond motifs is 1. The van der Waals surface area contributed by atoms with Gasteiger partial charge in [-0.3, -0.25) is 0 Å². The van der Waals surface area contributed by atoms with Crippen LogP contribution in [0.1, 0.15) is 70.5 Å². The average molecular weight is 326 g/mol. The Morgan fingerprint density at radius 2 is 1.75 bits per heavy atom. The quantitative estimate of drug-likeness (QED) is 0.726. The summed E-state index contributed by atoms with van der Waals surface area (Å²) in [7, 11) is 0. The van der Waals surface area contributed by atoms with Crippen molar-refractivity contribution >= 4 is 11.2 Å². The van der Waals surface area contributed by atoms with Gasteiger partial charge in [-0.05, 0) is 17.5 Å². The monoisotopic (exact) mass is 326 g/mol. The maximum atomic E-state index is 4.73. The maximum absolute atomic E-state index is 4.73. The van der Waals surface area contributed by atoms with Crippen molar-refractivity contribution in [1.82, 2.24) is 29.7 Å². The molecule has 0 saturated heterocycles. The summed E-state index contributed by atoms with van der Waals surface area (Å²) in [6, 6.07) is 1.95. The third-order valence-corrected chi connectivity index (χ3v) is 3.57. The molecule has 0 unspecified atom stereocenters. The van der Waals surface area contributed by atoms with E-state index < -0.39 is 0 Å². The Bertz CT molecular complexity index is 777. The summed E-state index contributed by atoms with van der Waals surface area (Å²) in [4.78, 5) is 14.0. The summed E-state index contributed by atoms with van der Waals surface area (Å²) in [6.45, 7) is 13.2. The summed E-state index contributed by atoms with van der Waals surface area (Å²) < 4.78 is 2.05. The van der Waals surface area contributed by atoms with Crippen LogP contribution < -0.4 is 0 Å². The second-order valence-electron chi connectivity index (χ2n) is 6.07. The molecule has 0 aliphatic heterocycles. The molecule has 0 saturated carbocycles. The molecule has 0 spiro atoms. The van der Waals surface area contributed by atoms with Crippen LogP contribution in [0.5, 0.6) is 0 Å². The normalized spacial score (nSPS) is 11.0. The van der Waals surface area contributed by atoms with Gasteiger partial charge in [0.25, 0.3) is 0 Å². The second kappa shape index (κ2) is 7.95. The zero-order valence-corrected chi connectivity index (χ0v) is 15.4. The topological polar surface area (TPSA) is 69.4 Å². The molecular formula is C18H26N6. The molecule has 3 aromatic rings. The van der Waals surface area contributed by atoms with E-state index in [-0.39, 0.29) is 5.92 Å². The predicted octanol–water partition coefficient (Wildman–Crippen LogP) is 3.94. The van der Waals surface area contributed by atoms with E-state index in [1.165, 1.54) is 0 Å². The standard InChI is InChI=1S/C16H20N6.C2H6/c1-10(2)13-14-16(21-15(20-13)11(3)4)22(9-17-14)8-12-5-6-18-19-7-12;1-2/h5-7,9-11H,8H2,1-4H3;1-2H3. The molecule has 0 aliphatic rings. The SMILES string of the molecule is CC.CC(C)c1nc(C(C)C)c2ncn(Cc3ccnnc3)c2n1. The van der Waals surface area contributed by atoms with E-state index >= 15 is 0 Å². The van der Waals surface area contributed by atoms with Crippen molar-refractivity contribution in [3.05, 3.63) is 41.9 Å². The minimum Gasteiger partial charge on any atom is -0.311 e. The van der Waals surface area contributed by atoms with Crippen LogP contribution in [0.4, 0.5) is 0 Å². The van der Waals surface area contributed by atoms with Crippen LogP contribution in [-0.4, -0.2) is 29.7 Å². The number of rotatable bonds is 4. The molecule has 0 radical (unpaired) electrons. The van der Waals surface area contributed by atoms with Crippen LogP contribution in [0.3, 0.4) is 0 Å². The minimum absolute atomic E-state index is 0.285. The van der Waals surface area contributed by atoms with Crippen molar-refractivity contribution in [1.29, 1.82) is 0 Å². The molecule has 0 fully saturated rings. The van der Waals surface area contributed by atoms with Gasteiger partial charge in [-0.25, -0.2) is 15.0 Å². The van der Waals surface area contributed by atoms with Crippen molar-refractivity contribution < 1.29 is 0 Å². The highest BCUT2D eigenvalue weighted by Crippen LogP contribution is 2.24. The average Bonchev–Trinajstić information content (AvgIpc) is 2.99. The first-order chi connectivity index (χ1) is 11.6. The number of imidazole rings is 1. The third-order valence-electron chi connectivity index (χ3n) is 3.57. The first-order valence-corrected chi connectivity index (χ1v) is 8.54. The van der Waals surface area contributed by atoms with Gasteiger partial charge in [0.2, 0.25) is 0 Å². The molecule has 6 heteroatoms. The molecule has 0 amide bonds. The van der Waals surface area contributed by atoms with E-state index in [4.69, 9.17) is 9.97 Å². The van der Waals surface area contributed by atoms with Crippen LogP contribution in [0.2, 0.25) is 0 Å². The van der Waals surface area contributed by atoms with Crippen molar-refractivity contribution in [3.8, 4) is 0 Å². The smallest absolute Gasteiger partial charge is 0.164 e. The number of aromatic nitrogens is 6. The third kappa shape index (κ3) is 3.75. The second-order valence-corrected chi connectivity index (χ2v) is 6.07. The van der Waals surface area contributed by atoms with Gasteiger partial charge in [-0.2, -0.15) is 10.2 Å². The van der Waals surface area contributed by atoms with Crippen molar-refractivity contribution in [2.45, 2.75) is 59.9 Å². The molecule has 24 heavy (non-hydrogen) atoms. The van der Waals surface area contributed by atoms with Gasteiger partial charge < -0.3 is 4.57 Å². The largest absolute Gasteiger partial charge is 0.311 e. The van der Waals surface area contributed by atoms with Crippen molar-refractivity contribution in [2.24, 2.45) is 0 Å². The molecule has 0 N–H and O–H groups in total. The van der Waals surface area contributed by atoms with Crippen molar-refractivity contribution in [2.75, 3.05) is 0 Å². The summed E-state index contributed by atoms with van der Waals surface area (Å²) in [5.74, 6) is 1.47. The predicted molar refractivity (Wildman–Crippen MR) is 96.0 cm³/mol. The Morgan fingerprint density at radius 3 is 2.33 bits per heavy atom. The van der Waals surface area contributed by atoms with Crippen LogP contribution in [0.25, 0.3) is 11.2 Å². The summed E-state index contributed by atoms with van der Waals surface area (Å²) in [6.07, 6.45) is 5.29. The zero-order valence-electron chi connectivity index (χ0n) is 15.4. The van der Waals surface area contributed by atoms with E-state index in [0.29, 0.717) is 12.5 Å². The lowest BCUT2D eigenvalue weighted by Crippen LogP contribution is -2.07. The summed E-state index contributed by atoms with van der Waals surface area (Å²) >= 11 is 0. The Morgan fingerprint density at radius 1 is 1.00 bits per heavy atom. The lowest BCUT2D eigenvalue weighted by atomic mass is 10.1. The fraction of sp³-hybridized carbons (Fsp3) is 0.500. The van der Waals surface area contributed by atoms with E-state index in [1.54, 1.807) is 12.4 Å². The zero-order chi connectivity index (χ0) is 17.7. The fourth-order valence-corrected chi connectivity index (χ4v) is 2.37. The first-order valence-electron chi connectivity index (χ1n) is 8.54. The number of hydrogen-bond acceptors (Lipinski definition) is 5. The van der Waals surface area contributed by atoms with Crippen LogP contribution in [0, 0.1) is 0 Å². The van der Waals surface area contributed by atoms with Crippen LogP contribution in [-0.2, 0) is 6.54 Å². The van der Waals surface area contributed by atoms with Gasteiger partial charge in [0.1, 0.15) is 11.3 Å². The highest BCUT2D eigenvalue weighted by molar-refractivity contribution is 5.74. The molecule has 6 nitrogen and oxygen atoms in total. The fourth-order valence-electron chi connectivity index (χ4n) is 2.37. The highest BCUT2D eigenvalue weighted by Gasteiger charge is 2.17. The Labute approximate surface area is 143 Å². The molecule has 3 heterocycles. The molecule has 0 aromatic carbocycles. The van der Waals surface area contributed by atoms with Gasteiger partial charge in [0.15, 0.2) is 5.65 Å². The van der Waals surface area contributed by atoms with Gasteiger partial charge in [0, 0.05) is 12.1 Å².